The molecule has 3 rings (SSSR count). The molecule has 0 fully saturated rings. The number of aryl methyl sites for hydroxylation is 1. The van der Waals surface area contributed by atoms with Crippen molar-refractivity contribution >= 4 is 22.7 Å². The van der Waals surface area contributed by atoms with E-state index in [0.717, 1.165) is 47.1 Å². The van der Waals surface area contributed by atoms with Gasteiger partial charge in [0.25, 0.3) is 5.56 Å². The van der Waals surface area contributed by atoms with Gasteiger partial charge in [-0.25, -0.2) is 9.78 Å². The van der Waals surface area contributed by atoms with Gasteiger partial charge in [-0.05, 0) is 42.2 Å². The molecule has 0 bridgehead atoms. The highest BCUT2D eigenvalue weighted by molar-refractivity contribution is 5.83. The van der Waals surface area contributed by atoms with Crippen molar-refractivity contribution < 1.29 is 0 Å². The number of benzene rings is 1. The molecule has 6 nitrogen and oxygen atoms in total. The maximum absolute atomic E-state index is 11.9. The first-order chi connectivity index (χ1) is 11.6. The van der Waals surface area contributed by atoms with E-state index in [1.54, 1.807) is 6.07 Å². The number of nitrogens with one attached hydrogen (secondary N) is 3. The molecule has 2 heterocycles. The normalized spacial score (nSPS) is 12.0. The lowest BCUT2D eigenvalue weighted by atomic mass is 10.1. The molecule has 0 radical (unpaired) electrons. The van der Waals surface area contributed by atoms with Crippen molar-refractivity contribution in [1.82, 2.24) is 19.9 Å². The number of imidazole rings is 1. The van der Waals surface area contributed by atoms with E-state index in [9.17, 15) is 9.59 Å². The van der Waals surface area contributed by atoms with E-state index in [4.69, 9.17) is 0 Å². The highest BCUT2D eigenvalue weighted by Crippen LogP contribution is 2.20. The van der Waals surface area contributed by atoms with Crippen LogP contribution in [-0.2, 0) is 6.42 Å². The van der Waals surface area contributed by atoms with Crippen molar-refractivity contribution in [1.29, 1.82) is 0 Å². The number of fused-ring (bicyclic) bond motifs is 1. The minimum absolute atomic E-state index is 0.131. The molecule has 0 atom stereocenters. The second-order valence-electron chi connectivity index (χ2n) is 5.74. The van der Waals surface area contributed by atoms with Crippen LogP contribution in [-0.4, -0.2) is 19.9 Å². The number of rotatable bonds is 5. The fourth-order valence-electron chi connectivity index (χ4n) is 2.72. The van der Waals surface area contributed by atoms with E-state index in [2.05, 4.69) is 26.9 Å². The van der Waals surface area contributed by atoms with Crippen LogP contribution in [0.5, 0.6) is 0 Å². The van der Waals surface area contributed by atoms with Crippen LogP contribution in [0.4, 0.5) is 0 Å². The van der Waals surface area contributed by atoms with Crippen LogP contribution in [0.1, 0.15) is 43.8 Å². The molecule has 3 N–H and O–H groups in total. The first-order valence-electron chi connectivity index (χ1n) is 8.12. The Kier molecular flexibility index (Phi) is 4.46. The highest BCUT2D eigenvalue weighted by Gasteiger charge is 2.07. The number of allylic oxidation sites excluding steroid dienone is 1. The molecule has 1 aromatic carbocycles. The van der Waals surface area contributed by atoms with E-state index < -0.39 is 0 Å². The third-order valence-corrected chi connectivity index (χ3v) is 3.87. The Morgan fingerprint density at radius 2 is 1.88 bits per heavy atom. The molecule has 0 unspecified atom stereocenters. The molecular weight excluding hydrogens is 304 g/mol. The quantitative estimate of drug-likeness (QED) is 0.673. The summed E-state index contributed by atoms with van der Waals surface area (Å²) in [6.07, 6.45) is 4.45. The van der Waals surface area contributed by atoms with E-state index in [0.29, 0.717) is 5.82 Å². The lowest BCUT2D eigenvalue weighted by Crippen LogP contribution is -2.12. The van der Waals surface area contributed by atoms with Crippen molar-refractivity contribution in [3.8, 4) is 0 Å². The van der Waals surface area contributed by atoms with Crippen LogP contribution in [0, 0.1) is 0 Å². The molecule has 0 saturated carbocycles. The second-order valence-corrected chi connectivity index (χ2v) is 5.74. The van der Waals surface area contributed by atoms with Gasteiger partial charge in [0.1, 0.15) is 5.82 Å². The molecule has 0 aliphatic rings. The molecule has 0 amide bonds. The van der Waals surface area contributed by atoms with Gasteiger partial charge in [-0.15, -0.1) is 0 Å². The summed E-state index contributed by atoms with van der Waals surface area (Å²) in [6.45, 7) is 4.08. The van der Waals surface area contributed by atoms with Gasteiger partial charge in [-0.3, -0.25) is 4.79 Å². The Morgan fingerprint density at radius 3 is 2.62 bits per heavy atom. The number of hydrogen-bond donors (Lipinski definition) is 3. The van der Waals surface area contributed by atoms with Crippen LogP contribution >= 0.6 is 0 Å². The summed E-state index contributed by atoms with van der Waals surface area (Å²) in [5.41, 5.74) is 3.87. The molecule has 2 aromatic heterocycles. The third-order valence-electron chi connectivity index (χ3n) is 3.87. The first-order valence-corrected chi connectivity index (χ1v) is 8.12. The molecular formula is C18H20N4O2. The Labute approximate surface area is 138 Å². The standard InChI is InChI=1S/C18H20N4O2/c1-3-5-13-10-16(23)22-17(19-13)12(4-2)8-11-6-7-14-15(9-11)21-18(24)20-14/h6-10H,3-5H2,1-2H3,(H,19,22,23)(H2,20,21,24)/b12-8+. The van der Waals surface area contributed by atoms with Crippen molar-refractivity contribution in [2.75, 3.05) is 0 Å². The summed E-state index contributed by atoms with van der Waals surface area (Å²) in [5, 5.41) is 0. The Balaban J connectivity index is 2.04. The summed E-state index contributed by atoms with van der Waals surface area (Å²) in [6, 6.07) is 7.24. The fourth-order valence-corrected chi connectivity index (χ4v) is 2.72. The number of aromatic nitrogens is 4. The maximum atomic E-state index is 11.9. The zero-order valence-corrected chi connectivity index (χ0v) is 13.8. The van der Waals surface area contributed by atoms with Gasteiger partial charge in [-0.1, -0.05) is 26.3 Å². The Morgan fingerprint density at radius 1 is 1.08 bits per heavy atom. The lowest BCUT2D eigenvalue weighted by Gasteiger charge is -2.07. The van der Waals surface area contributed by atoms with E-state index in [1.807, 2.05) is 31.2 Å². The smallest absolute Gasteiger partial charge is 0.307 e. The van der Waals surface area contributed by atoms with Crippen LogP contribution in [0.15, 0.2) is 33.9 Å². The predicted octanol–water partition coefficient (Wildman–Crippen LogP) is 2.84. The molecule has 24 heavy (non-hydrogen) atoms. The molecule has 0 spiro atoms. The lowest BCUT2D eigenvalue weighted by molar-refractivity contribution is 0.857. The average molecular weight is 324 g/mol. The zero-order chi connectivity index (χ0) is 17.1. The molecule has 124 valence electrons. The van der Waals surface area contributed by atoms with Crippen molar-refractivity contribution in [2.45, 2.75) is 33.1 Å². The topological polar surface area (TPSA) is 94.4 Å². The third kappa shape index (κ3) is 3.37. The van der Waals surface area contributed by atoms with Gasteiger partial charge in [0.2, 0.25) is 0 Å². The van der Waals surface area contributed by atoms with Gasteiger partial charge in [0.05, 0.1) is 11.0 Å². The fraction of sp³-hybridized carbons (Fsp3) is 0.278. The first kappa shape index (κ1) is 16.0. The predicted molar refractivity (Wildman–Crippen MR) is 95.9 cm³/mol. The van der Waals surface area contributed by atoms with Gasteiger partial charge in [0, 0.05) is 11.8 Å². The highest BCUT2D eigenvalue weighted by atomic mass is 16.1. The van der Waals surface area contributed by atoms with Gasteiger partial charge in [-0.2, -0.15) is 0 Å². The molecule has 0 aliphatic carbocycles. The maximum Gasteiger partial charge on any atom is 0.323 e. The summed E-state index contributed by atoms with van der Waals surface area (Å²) >= 11 is 0. The SMILES string of the molecule is CCCc1cc(=O)[nH]c(/C(=C/c2ccc3[nH]c(=O)[nH]c3c2)CC)n1. The number of aromatic amines is 3. The van der Waals surface area contributed by atoms with Crippen LogP contribution in [0.25, 0.3) is 22.7 Å². The minimum Gasteiger partial charge on any atom is -0.307 e. The molecule has 6 heteroatoms. The monoisotopic (exact) mass is 324 g/mol. The minimum atomic E-state index is -0.222. The number of hydrogen-bond acceptors (Lipinski definition) is 3. The van der Waals surface area contributed by atoms with Crippen LogP contribution < -0.4 is 11.2 Å². The Hall–Kier alpha value is -2.89. The van der Waals surface area contributed by atoms with Crippen LogP contribution in [0.3, 0.4) is 0 Å². The second kappa shape index (κ2) is 6.70. The summed E-state index contributed by atoms with van der Waals surface area (Å²) in [4.78, 5) is 36.1. The summed E-state index contributed by atoms with van der Waals surface area (Å²) in [7, 11) is 0. The Bertz CT molecular complexity index is 1010. The largest absolute Gasteiger partial charge is 0.323 e. The summed E-state index contributed by atoms with van der Waals surface area (Å²) in [5.74, 6) is 0.608. The average Bonchev–Trinajstić information content (AvgIpc) is 2.91. The summed E-state index contributed by atoms with van der Waals surface area (Å²) < 4.78 is 0. The van der Waals surface area contributed by atoms with Gasteiger partial charge in [0.15, 0.2) is 0 Å². The van der Waals surface area contributed by atoms with E-state index in [1.165, 1.54) is 0 Å². The van der Waals surface area contributed by atoms with Gasteiger partial charge < -0.3 is 15.0 Å². The zero-order valence-electron chi connectivity index (χ0n) is 13.8. The van der Waals surface area contributed by atoms with Crippen LogP contribution in [0.2, 0.25) is 0 Å². The van der Waals surface area contributed by atoms with Crippen molar-refractivity contribution in [3.05, 3.63) is 62.2 Å². The van der Waals surface area contributed by atoms with E-state index in [-0.39, 0.29) is 11.2 Å². The van der Waals surface area contributed by atoms with Gasteiger partial charge >= 0.3 is 5.69 Å². The molecule has 0 saturated heterocycles. The van der Waals surface area contributed by atoms with E-state index >= 15 is 0 Å². The number of H-pyrrole nitrogens is 3. The molecule has 0 aliphatic heterocycles. The van der Waals surface area contributed by atoms with Crippen molar-refractivity contribution in [3.63, 3.8) is 0 Å². The van der Waals surface area contributed by atoms with Crippen molar-refractivity contribution in [2.24, 2.45) is 0 Å². The molecule has 3 aromatic rings. The number of nitrogens with zero attached hydrogens (tertiary/aromatic N) is 1.